The Balaban J connectivity index is 2.44. The second-order valence-corrected chi connectivity index (χ2v) is 4.59. The molecule has 1 amide bonds. The Labute approximate surface area is 102 Å². The fraction of sp³-hybridized carbons (Fsp3) is 0.833. The highest BCUT2D eigenvalue weighted by molar-refractivity contribution is 5.79. The fourth-order valence-electron chi connectivity index (χ4n) is 2.26. The second-order valence-electron chi connectivity index (χ2n) is 4.59. The van der Waals surface area contributed by atoms with Crippen LogP contribution in [-0.4, -0.2) is 47.6 Å². The number of nitrogens with one attached hydrogen (secondary N) is 1. The van der Waals surface area contributed by atoms with E-state index in [1.165, 1.54) is 0 Å². The summed E-state index contributed by atoms with van der Waals surface area (Å²) in [6, 6.07) is 0.262. The van der Waals surface area contributed by atoms with Crippen molar-refractivity contribution in [3.8, 4) is 0 Å². The highest BCUT2D eigenvalue weighted by atomic mass is 16.4. The number of carboxylic acids is 1. The van der Waals surface area contributed by atoms with E-state index in [0.717, 1.165) is 32.1 Å². The molecule has 0 spiro atoms. The molecule has 1 rings (SSSR count). The Bertz CT molecular complexity index is 262. The van der Waals surface area contributed by atoms with Gasteiger partial charge in [-0.05, 0) is 19.3 Å². The van der Waals surface area contributed by atoms with E-state index in [1.54, 1.807) is 4.90 Å². The third-order valence-electron chi connectivity index (χ3n) is 3.10. The summed E-state index contributed by atoms with van der Waals surface area (Å²) in [5.74, 6) is -0.930. The van der Waals surface area contributed by atoms with Gasteiger partial charge in [-0.25, -0.2) is 0 Å². The molecule has 1 aliphatic rings. The monoisotopic (exact) mass is 242 g/mol. The zero-order chi connectivity index (χ0) is 12.7. The molecule has 0 bridgehead atoms. The SMILES string of the molecule is CCCNC(=O)CN(CC(=O)O)C1CCCC1. The average molecular weight is 242 g/mol. The highest BCUT2D eigenvalue weighted by Crippen LogP contribution is 2.22. The van der Waals surface area contributed by atoms with Gasteiger partial charge in [-0.15, -0.1) is 0 Å². The number of carbonyl (C=O) groups excluding carboxylic acids is 1. The van der Waals surface area contributed by atoms with E-state index >= 15 is 0 Å². The summed E-state index contributed by atoms with van der Waals surface area (Å²) >= 11 is 0. The van der Waals surface area contributed by atoms with E-state index in [-0.39, 0.29) is 25.0 Å². The molecule has 1 aliphatic carbocycles. The standard InChI is InChI=1S/C12H22N2O3/c1-2-7-13-11(15)8-14(9-12(16)17)10-5-3-4-6-10/h10H,2-9H2,1H3,(H,13,15)(H,16,17). The van der Waals surface area contributed by atoms with E-state index < -0.39 is 5.97 Å². The van der Waals surface area contributed by atoms with Crippen LogP contribution >= 0.6 is 0 Å². The van der Waals surface area contributed by atoms with Crippen LogP contribution in [-0.2, 0) is 9.59 Å². The van der Waals surface area contributed by atoms with Gasteiger partial charge in [0.15, 0.2) is 0 Å². The molecule has 0 aliphatic heterocycles. The summed E-state index contributed by atoms with van der Waals surface area (Å²) < 4.78 is 0. The number of rotatable bonds is 7. The smallest absolute Gasteiger partial charge is 0.317 e. The van der Waals surface area contributed by atoms with Crippen molar-refractivity contribution in [1.29, 1.82) is 0 Å². The van der Waals surface area contributed by atoms with Gasteiger partial charge in [-0.3, -0.25) is 14.5 Å². The van der Waals surface area contributed by atoms with E-state index in [4.69, 9.17) is 5.11 Å². The van der Waals surface area contributed by atoms with Crippen molar-refractivity contribution in [2.75, 3.05) is 19.6 Å². The Hall–Kier alpha value is -1.10. The average Bonchev–Trinajstić information content (AvgIpc) is 2.78. The minimum absolute atomic E-state index is 0.0375. The van der Waals surface area contributed by atoms with Crippen LogP contribution in [0.5, 0.6) is 0 Å². The highest BCUT2D eigenvalue weighted by Gasteiger charge is 2.25. The summed E-state index contributed by atoms with van der Waals surface area (Å²) in [5, 5.41) is 11.6. The van der Waals surface area contributed by atoms with Crippen LogP contribution in [0.25, 0.3) is 0 Å². The molecular formula is C12H22N2O3. The van der Waals surface area contributed by atoms with Gasteiger partial charge in [0.25, 0.3) is 0 Å². The van der Waals surface area contributed by atoms with Crippen molar-refractivity contribution in [1.82, 2.24) is 10.2 Å². The lowest BCUT2D eigenvalue weighted by Crippen LogP contribution is -2.44. The van der Waals surface area contributed by atoms with Gasteiger partial charge < -0.3 is 10.4 Å². The number of hydrogen-bond donors (Lipinski definition) is 2. The number of carbonyl (C=O) groups is 2. The van der Waals surface area contributed by atoms with Crippen molar-refractivity contribution in [3.63, 3.8) is 0 Å². The molecule has 5 nitrogen and oxygen atoms in total. The van der Waals surface area contributed by atoms with Gasteiger partial charge in [0.2, 0.25) is 5.91 Å². The van der Waals surface area contributed by atoms with Crippen LogP contribution in [0.1, 0.15) is 39.0 Å². The second kappa shape index (κ2) is 7.27. The van der Waals surface area contributed by atoms with E-state index in [0.29, 0.717) is 6.54 Å². The first-order valence-electron chi connectivity index (χ1n) is 6.36. The van der Waals surface area contributed by atoms with Crippen LogP contribution < -0.4 is 5.32 Å². The zero-order valence-electron chi connectivity index (χ0n) is 10.4. The quantitative estimate of drug-likeness (QED) is 0.694. The zero-order valence-corrected chi connectivity index (χ0v) is 10.4. The molecule has 1 saturated carbocycles. The maximum atomic E-state index is 11.6. The van der Waals surface area contributed by atoms with Crippen molar-refractivity contribution in [2.45, 2.75) is 45.1 Å². The predicted molar refractivity (Wildman–Crippen MR) is 64.8 cm³/mol. The lowest BCUT2D eigenvalue weighted by molar-refractivity contribution is -0.139. The van der Waals surface area contributed by atoms with Crippen molar-refractivity contribution >= 4 is 11.9 Å². The third kappa shape index (κ3) is 5.17. The molecule has 98 valence electrons. The summed E-state index contributed by atoms with van der Waals surface area (Å²) in [6.45, 7) is 2.82. The van der Waals surface area contributed by atoms with Crippen LogP contribution in [0.2, 0.25) is 0 Å². The van der Waals surface area contributed by atoms with Crippen molar-refractivity contribution in [2.24, 2.45) is 0 Å². The molecule has 0 unspecified atom stereocenters. The molecule has 0 aromatic heterocycles. The summed E-state index contributed by atoms with van der Waals surface area (Å²) in [4.78, 5) is 24.2. The number of nitrogens with zero attached hydrogens (tertiary/aromatic N) is 1. The van der Waals surface area contributed by atoms with Crippen molar-refractivity contribution < 1.29 is 14.7 Å². The van der Waals surface area contributed by atoms with Gasteiger partial charge in [0.1, 0.15) is 0 Å². The molecule has 0 aromatic carbocycles. The minimum Gasteiger partial charge on any atom is -0.480 e. The molecule has 2 N–H and O–H groups in total. The molecule has 0 aromatic rings. The molecule has 0 heterocycles. The largest absolute Gasteiger partial charge is 0.480 e. The van der Waals surface area contributed by atoms with Crippen molar-refractivity contribution in [3.05, 3.63) is 0 Å². The van der Waals surface area contributed by atoms with E-state index in [9.17, 15) is 9.59 Å². The number of carboxylic acid groups (broad SMARTS) is 1. The van der Waals surface area contributed by atoms with Crippen LogP contribution in [0.15, 0.2) is 0 Å². The lowest BCUT2D eigenvalue weighted by atomic mass is 10.2. The summed E-state index contributed by atoms with van der Waals surface area (Å²) in [5.41, 5.74) is 0. The van der Waals surface area contributed by atoms with Gasteiger partial charge in [-0.1, -0.05) is 19.8 Å². The molecular weight excluding hydrogens is 220 g/mol. The fourth-order valence-corrected chi connectivity index (χ4v) is 2.26. The first-order chi connectivity index (χ1) is 8.13. The predicted octanol–water partition coefficient (Wildman–Crippen LogP) is 0.842. The minimum atomic E-state index is -0.861. The molecule has 17 heavy (non-hydrogen) atoms. The Kier molecular flexibility index (Phi) is 5.97. The Morgan fingerprint density at radius 3 is 2.47 bits per heavy atom. The first kappa shape index (κ1) is 14.0. The lowest BCUT2D eigenvalue weighted by Gasteiger charge is -2.26. The summed E-state index contributed by atoms with van der Waals surface area (Å²) in [7, 11) is 0. The van der Waals surface area contributed by atoms with Gasteiger partial charge >= 0.3 is 5.97 Å². The van der Waals surface area contributed by atoms with Crippen LogP contribution in [0.3, 0.4) is 0 Å². The number of hydrogen-bond acceptors (Lipinski definition) is 3. The topological polar surface area (TPSA) is 69.6 Å². The van der Waals surface area contributed by atoms with Gasteiger partial charge in [0, 0.05) is 12.6 Å². The number of aliphatic carboxylic acids is 1. The molecule has 0 radical (unpaired) electrons. The van der Waals surface area contributed by atoms with Gasteiger partial charge in [0.05, 0.1) is 13.1 Å². The van der Waals surface area contributed by atoms with Crippen LogP contribution in [0.4, 0.5) is 0 Å². The molecule has 5 heteroatoms. The summed E-state index contributed by atoms with van der Waals surface area (Å²) in [6.07, 6.45) is 5.19. The Morgan fingerprint density at radius 2 is 1.94 bits per heavy atom. The molecule has 0 saturated heterocycles. The normalized spacial score (nSPS) is 16.4. The number of amides is 1. The van der Waals surface area contributed by atoms with Crippen LogP contribution in [0, 0.1) is 0 Å². The first-order valence-corrected chi connectivity index (χ1v) is 6.36. The van der Waals surface area contributed by atoms with Gasteiger partial charge in [-0.2, -0.15) is 0 Å². The maximum absolute atomic E-state index is 11.6. The Morgan fingerprint density at radius 1 is 1.29 bits per heavy atom. The van der Waals surface area contributed by atoms with E-state index in [2.05, 4.69) is 5.32 Å². The molecule has 0 atom stereocenters. The maximum Gasteiger partial charge on any atom is 0.317 e. The third-order valence-corrected chi connectivity index (χ3v) is 3.10. The molecule has 1 fully saturated rings. The van der Waals surface area contributed by atoms with E-state index in [1.807, 2.05) is 6.92 Å².